The highest BCUT2D eigenvalue weighted by molar-refractivity contribution is 5.68. The van der Waals surface area contributed by atoms with Gasteiger partial charge in [-0.25, -0.2) is 9.97 Å². The normalized spacial score (nSPS) is 16.7. The Morgan fingerprint density at radius 3 is 2.83 bits per heavy atom. The molecule has 1 saturated heterocycles. The Kier molecular flexibility index (Phi) is 5.99. The highest BCUT2D eigenvalue weighted by atomic mass is 16.5. The molecule has 3 aromatic rings. The lowest BCUT2D eigenvalue weighted by molar-refractivity contribution is 0.245. The van der Waals surface area contributed by atoms with E-state index in [1.54, 1.807) is 7.11 Å². The number of hydrogen-bond acceptors (Lipinski definition) is 6. The minimum Gasteiger partial charge on any atom is -0.497 e. The Morgan fingerprint density at radius 1 is 1.23 bits per heavy atom. The minimum absolute atomic E-state index is 0.248. The fourth-order valence-corrected chi connectivity index (χ4v) is 4.09. The molecule has 3 heterocycles. The molecule has 2 aromatic heterocycles. The van der Waals surface area contributed by atoms with E-state index in [4.69, 9.17) is 9.72 Å². The second kappa shape index (κ2) is 8.83. The van der Waals surface area contributed by atoms with Gasteiger partial charge in [0.05, 0.1) is 25.0 Å². The summed E-state index contributed by atoms with van der Waals surface area (Å²) in [6, 6.07) is 8.39. The zero-order valence-corrected chi connectivity index (χ0v) is 18.2. The van der Waals surface area contributed by atoms with Crippen molar-refractivity contribution in [3.05, 3.63) is 54.1 Å². The van der Waals surface area contributed by atoms with Crippen LogP contribution in [0.5, 0.6) is 5.75 Å². The van der Waals surface area contributed by atoms with Gasteiger partial charge in [0.25, 0.3) is 0 Å². The van der Waals surface area contributed by atoms with Crippen molar-refractivity contribution in [3.8, 4) is 16.9 Å². The third-order valence-electron chi connectivity index (χ3n) is 5.66. The monoisotopic (exact) mass is 406 g/mol. The van der Waals surface area contributed by atoms with E-state index in [2.05, 4.69) is 40.2 Å². The Morgan fingerprint density at radius 2 is 2.10 bits per heavy atom. The van der Waals surface area contributed by atoms with Crippen molar-refractivity contribution in [2.45, 2.75) is 38.9 Å². The fraction of sp³-hybridized carbons (Fsp3) is 0.435. The van der Waals surface area contributed by atoms with E-state index < -0.39 is 0 Å². The van der Waals surface area contributed by atoms with Crippen LogP contribution in [0, 0.1) is 0 Å². The van der Waals surface area contributed by atoms with Gasteiger partial charge in [0.2, 0.25) is 5.95 Å². The molecule has 0 spiro atoms. The first-order valence-corrected chi connectivity index (χ1v) is 10.5. The van der Waals surface area contributed by atoms with Crippen LogP contribution < -0.4 is 9.64 Å². The van der Waals surface area contributed by atoms with Crippen molar-refractivity contribution in [1.82, 2.24) is 24.6 Å². The molecule has 1 aliphatic heterocycles. The van der Waals surface area contributed by atoms with Crippen molar-refractivity contribution in [2.24, 2.45) is 0 Å². The van der Waals surface area contributed by atoms with Gasteiger partial charge >= 0.3 is 0 Å². The van der Waals surface area contributed by atoms with E-state index in [0.29, 0.717) is 0 Å². The number of rotatable bonds is 7. The van der Waals surface area contributed by atoms with Gasteiger partial charge in [0.15, 0.2) is 0 Å². The second-order valence-electron chi connectivity index (χ2n) is 7.93. The predicted octanol–water partition coefficient (Wildman–Crippen LogP) is 3.77. The number of benzene rings is 1. The number of nitrogens with zero attached hydrogens (tertiary/aromatic N) is 6. The van der Waals surface area contributed by atoms with E-state index in [1.807, 2.05) is 48.2 Å². The first-order chi connectivity index (χ1) is 14.6. The fourth-order valence-electron chi connectivity index (χ4n) is 4.09. The molecule has 7 nitrogen and oxygen atoms in total. The third kappa shape index (κ3) is 4.16. The van der Waals surface area contributed by atoms with Crippen LogP contribution >= 0.6 is 0 Å². The number of hydrogen-bond donors (Lipinski definition) is 0. The van der Waals surface area contributed by atoms with Gasteiger partial charge < -0.3 is 9.64 Å². The second-order valence-corrected chi connectivity index (χ2v) is 7.93. The summed E-state index contributed by atoms with van der Waals surface area (Å²) in [4.78, 5) is 14.1. The maximum atomic E-state index is 5.45. The van der Waals surface area contributed by atoms with Crippen LogP contribution in [-0.2, 0) is 13.1 Å². The van der Waals surface area contributed by atoms with Crippen molar-refractivity contribution < 1.29 is 4.74 Å². The van der Waals surface area contributed by atoms with Crippen LogP contribution in [0.1, 0.15) is 37.1 Å². The van der Waals surface area contributed by atoms with Crippen molar-refractivity contribution in [2.75, 3.05) is 32.6 Å². The molecule has 0 N–H and O–H groups in total. The number of methoxy groups -OCH3 is 1. The standard InChI is InChI=1S/C23H30N6O/c1-5-29-16-17(13-25-29)15-28-11-7-10-21(28)22-20(14-24-23(26-22)27(2)3)18-8-6-9-19(12-18)30-4/h6,8-9,12-14,16,21H,5,7,10-11,15H2,1-4H3. The maximum absolute atomic E-state index is 5.45. The summed E-state index contributed by atoms with van der Waals surface area (Å²) in [7, 11) is 5.66. The van der Waals surface area contributed by atoms with Crippen LogP contribution in [0.15, 0.2) is 42.9 Å². The Bertz CT molecular complexity index is 999. The number of aromatic nitrogens is 4. The van der Waals surface area contributed by atoms with Crippen LogP contribution in [0.4, 0.5) is 5.95 Å². The molecule has 0 saturated carbocycles. The number of aryl methyl sites for hydroxylation is 1. The summed E-state index contributed by atoms with van der Waals surface area (Å²) in [5.74, 6) is 1.58. The Hall–Kier alpha value is -2.93. The molecule has 0 amide bonds. The molecular weight excluding hydrogens is 376 g/mol. The third-order valence-corrected chi connectivity index (χ3v) is 5.66. The molecule has 4 rings (SSSR count). The van der Waals surface area contributed by atoms with Crippen molar-refractivity contribution in [3.63, 3.8) is 0 Å². The molecule has 0 radical (unpaired) electrons. The van der Waals surface area contributed by atoms with Gasteiger partial charge in [-0.15, -0.1) is 0 Å². The smallest absolute Gasteiger partial charge is 0.225 e. The summed E-state index contributed by atoms with van der Waals surface area (Å²) in [5.41, 5.74) is 4.48. The van der Waals surface area contributed by atoms with E-state index in [-0.39, 0.29) is 6.04 Å². The average molecular weight is 407 g/mol. The highest BCUT2D eigenvalue weighted by Crippen LogP contribution is 2.38. The summed E-state index contributed by atoms with van der Waals surface area (Å²) >= 11 is 0. The molecule has 1 aromatic carbocycles. The lowest BCUT2D eigenvalue weighted by atomic mass is 9.99. The summed E-state index contributed by atoms with van der Waals surface area (Å²) in [6.45, 7) is 4.94. The molecule has 30 heavy (non-hydrogen) atoms. The summed E-state index contributed by atoms with van der Waals surface area (Å²) in [5, 5.41) is 4.44. The number of ether oxygens (including phenoxy) is 1. The van der Waals surface area contributed by atoms with E-state index in [0.717, 1.165) is 61.0 Å². The lowest BCUT2D eigenvalue weighted by Crippen LogP contribution is -2.25. The first kappa shape index (κ1) is 20.3. The van der Waals surface area contributed by atoms with E-state index in [9.17, 15) is 0 Å². The molecule has 1 aliphatic rings. The molecule has 1 atom stereocenters. The van der Waals surface area contributed by atoms with Crippen LogP contribution in [0.2, 0.25) is 0 Å². The molecule has 1 unspecified atom stereocenters. The van der Waals surface area contributed by atoms with Gasteiger partial charge in [-0.3, -0.25) is 9.58 Å². The quantitative estimate of drug-likeness (QED) is 0.595. The van der Waals surface area contributed by atoms with Gasteiger partial charge in [0.1, 0.15) is 5.75 Å². The van der Waals surface area contributed by atoms with Crippen LogP contribution in [0.3, 0.4) is 0 Å². The molecule has 1 fully saturated rings. The van der Waals surface area contributed by atoms with E-state index in [1.165, 1.54) is 5.56 Å². The highest BCUT2D eigenvalue weighted by Gasteiger charge is 2.30. The van der Waals surface area contributed by atoms with Crippen LogP contribution in [-0.4, -0.2) is 52.4 Å². The van der Waals surface area contributed by atoms with Gasteiger partial charge in [0, 0.05) is 50.7 Å². The largest absolute Gasteiger partial charge is 0.497 e. The zero-order valence-electron chi connectivity index (χ0n) is 18.2. The van der Waals surface area contributed by atoms with Crippen molar-refractivity contribution in [1.29, 1.82) is 0 Å². The maximum Gasteiger partial charge on any atom is 0.225 e. The Labute approximate surface area is 178 Å². The predicted molar refractivity (Wildman–Crippen MR) is 119 cm³/mol. The SMILES string of the molecule is CCn1cc(CN2CCCC2c2nc(N(C)C)ncc2-c2cccc(OC)c2)cn1. The van der Waals surface area contributed by atoms with Gasteiger partial charge in [-0.05, 0) is 44.0 Å². The Balaban J connectivity index is 1.72. The van der Waals surface area contributed by atoms with Crippen molar-refractivity contribution >= 4 is 5.95 Å². The molecule has 0 aliphatic carbocycles. The number of anilines is 1. The molecular formula is C23H30N6O. The van der Waals surface area contributed by atoms with E-state index >= 15 is 0 Å². The topological polar surface area (TPSA) is 59.3 Å². The van der Waals surface area contributed by atoms with Gasteiger partial charge in [-0.2, -0.15) is 5.10 Å². The van der Waals surface area contributed by atoms with Gasteiger partial charge in [-0.1, -0.05) is 12.1 Å². The molecule has 0 bridgehead atoms. The summed E-state index contributed by atoms with van der Waals surface area (Å²) < 4.78 is 7.43. The average Bonchev–Trinajstić information content (AvgIpc) is 3.43. The van der Waals surface area contributed by atoms with Crippen LogP contribution in [0.25, 0.3) is 11.1 Å². The number of likely N-dealkylation sites (tertiary alicyclic amines) is 1. The lowest BCUT2D eigenvalue weighted by Gasteiger charge is -2.26. The molecule has 158 valence electrons. The summed E-state index contributed by atoms with van der Waals surface area (Å²) in [6.07, 6.45) is 8.32. The zero-order chi connectivity index (χ0) is 21.1. The minimum atomic E-state index is 0.248. The first-order valence-electron chi connectivity index (χ1n) is 10.5. The molecule has 7 heteroatoms.